The summed E-state index contributed by atoms with van der Waals surface area (Å²) in [6.45, 7) is 10.2. The summed E-state index contributed by atoms with van der Waals surface area (Å²) in [4.78, 5) is 20.5. The van der Waals surface area contributed by atoms with Gasteiger partial charge in [0, 0.05) is 23.9 Å². The van der Waals surface area contributed by atoms with Gasteiger partial charge >= 0.3 is 0 Å². The third-order valence-corrected chi connectivity index (χ3v) is 3.98. The fourth-order valence-electron chi connectivity index (χ4n) is 2.25. The van der Waals surface area contributed by atoms with Crippen molar-refractivity contribution in [3.8, 4) is 0 Å². The van der Waals surface area contributed by atoms with E-state index in [0.717, 1.165) is 17.0 Å². The molecule has 0 aromatic carbocycles. The molecule has 0 aliphatic carbocycles. The lowest BCUT2D eigenvalue weighted by Gasteiger charge is -2.17. The normalized spacial score (nSPS) is 12.9. The number of aryl methyl sites for hydroxylation is 2. The van der Waals surface area contributed by atoms with Gasteiger partial charge in [0.15, 0.2) is 0 Å². The molecule has 21 heavy (non-hydrogen) atoms. The Morgan fingerprint density at radius 3 is 2.71 bits per heavy atom. The monoisotopic (exact) mass is 289 g/mol. The lowest BCUT2D eigenvalue weighted by atomic mass is 10.0. The van der Waals surface area contributed by atoms with Gasteiger partial charge in [0.05, 0.1) is 0 Å². The number of carbonyl (C=O) groups excluding carboxylic acids is 1. The Balaban J connectivity index is 2.08. The van der Waals surface area contributed by atoms with Crippen LogP contribution in [-0.2, 0) is 11.2 Å². The van der Waals surface area contributed by atoms with Crippen LogP contribution in [0, 0.1) is 19.8 Å². The maximum Gasteiger partial charge on any atom is 0.252 e. The van der Waals surface area contributed by atoms with Gasteiger partial charge in [-0.25, -0.2) is 9.50 Å². The van der Waals surface area contributed by atoms with Gasteiger partial charge in [-0.05, 0) is 38.7 Å². The molecule has 2 aromatic heterocycles. The first-order valence-electron chi connectivity index (χ1n) is 7.35. The molecule has 0 fully saturated rings. The molecule has 2 aromatic rings. The third-order valence-electron chi connectivity index (χ3n) is 3.98. The number of nitrogens with one attached hydrogen (secondary N) is 1. The topological polar surface area (TPSA) is 72.2 Å². The zero-order valence-electron chi connectivity index (χ0n) is 13.3. The van der Waals surface area contributed by atoms with Crippen molar-refractivity contribution >= 4 is 11.7 Å². The number of carbonyl (C=O) groups is 1. The van der Waals surface area contributed by atoms with Gasteiger partial charge in [-0.1, -0.05) is 13.8 Å². The molecule has 0 radical (unpaired) electrons. The van der Waals surface area contributed by atoms with Gasteiger partial charge in [0.2, 0.25) is 5.91 Å². The van der Waals surface area contributed by atoms with E-state index < -0.39 is 0 Å². The van der Waals surface area contributed by atoms with E-state index >= 15 is 0 Å². The smallest absolute Gasteiger partial charge is 0.252 e. The van der Waals surface area contributed by atoms with Crippen molar-refractivity contribution in [1.29, 1.82) is 0 Å². The zero-order valence-corrected chi connectivity index (χ0v) is 13.3. The molecule has 6 heteroatoms. The second-order valence-electron chi connectivity index (χ2n) is 5.83. The standard InChI is InChI=1S/C15H23N5O/c1-9(2)10(3)18-14(21)7-6-13-11(4)19-15-16-8-17-20(15)12(13)5/h8-10H,6-7H2,1-5H3,(H,18,21). The highest BCUT2D eigenvalue weighted by atomic mass is 16.1. The Hall–Kier alpha value is -1.98. The predicted octanol–water partition coefficient (Wildman–Crippen LogP) is 1.83. The lowest BCUT2D eigenvalue weighted by molar-refractivity contribution is -0.121. The highest BCUT2D eigenvalue weighted by molar-refractivity contribution is 5.76. The van der Waals surface area contributed by atoms with Crippen LogP contribution in [0.1, 0.15) is 44.1 Å². The number of amides is 1. The molecule has 0 aliphatic rings. The molecule has 0 saturated carbocycles. The molecule has 2 rings (SSSR count). The van der Waals surface area contributed by atoms with E-state index in [0.29, 0.717) is 24.5 Å². The quantitative estimate of drug-likeness (QED) is 0.911. The molecular formula is C15H23N5O. The van der Waals surface area contributed by atoms with Crippen LogP contribution >= 0.6 is 0 Å². The molecule has 0 bridgehead atoms. The van der Waals surface area contributed by atoms with Crippen molar-refractivity contribution in [3.63, 3.8) is 0 Å². The van der Waals surface area contributed by atoms with Crippen molar-refractivity contribution in [2.75, 3.05) is 0 Å². The maximum atomic E-state index is 12.0. The van der Waals surface area contributed by atoms with Gasteiger partial charge in [0.25, 0.3) is 5.78 Å². The van der Waals surface area contributed by atoms with Crippen molar-refractivity contribution in [2.45, 2.75) is 53.5 Å². The Labute approximate surface area is 125 Å². The molecule has 1 atom stereocenters. The molecule has 1 N–H and O–H groups in total. The van der Waals surface area contributed by atoms with E-state index in [2.05, 4.69) is 34.2 Å². The summed E-state index contributed by atoms with van der Waals surface area (Å²) >= 11 is 0. The van der Waals surface area contributed by atoms with Crippen LogP contribution < -0.4 is 5.32 Å². The van der Waals surface area contributed by atoms with Crippen molar-refractivity contribution < 1.29 is 4.79 Å². The molecular weight excluding hydrogens is 266 g/mol. The summed E-state index contributed by atoms with van der Waals surface area (Å²) in [5.74, 6) is 1.12. The van der Waals surface area contributed by atoms with Crippen molar-refractivity contribution in [3.05, 3.63) is 23.3 Å². The first-order valence-corrected chi connectivity index (χ1v) is 7.35. The van der Waals surface area contributed by atoms with Gasteiger partial charge < -0.3 is 5.32 Å². The minimum absolute atomic E-state index is 0.0775. The Morgan fingerprint density at radius 1 is 1.33 bits per heavy atom. The second kappa shape index (κ2) is 6.20. The summed E-state index contributed by atoms with van der Waals surface area (Å²) in [5, 5.41) is 7.19. The number of aromatic nitrogens is 4. The van der Waals surface area contributed by atoms with Crippen LogP contribution in [0.3, 0.4) is 0 Å². The van der Waals surface area contributed by atoms with E-state index in [1.54, 1.807) is 4.52 Å². The maximum absolute atomic E-state index is 12.0. The third kappa shape index (κ3) is 3.37. The molecule has 114 valence electrons. The van der Waals surface area contributed by atoms with Crippen LogP contribution in [0.4, 0.5) is 0 Å². The van der Waals surface area contributed by atoms with E-state index in [-0.39, 0.29) is 11.9 Å². The predicted molar refractivity (Wildman–Crippen MR) is 81.0 cm³/mol. The summed E-state index contributed by atoms with van der Waals surface area (Å²) in [5.41, 5.74) is 2.98. The number of rotatable bonds is 5. The molecule has 1 amide bonds. The Kier molecular flexibility index (Phi) is 4.55. The molecule has 1 unspecified atom stereocenters. The van der Waals surface area contributed by atoms with Gasteiger partial charge in [-0.15, -0.1) is 0 Å². The van der Waals surface area contributed by atoms with Crippen LogP contribution in [-0.4, -0.2) is 31.5 Å². The average Bonchev–Trinajstić information content (AvgIpc) is 2.86. The summed E-state index contributed by atoms with van der Waals surface area (Å²) in [7, 11) is 0. The molecule has 0 saturated heterocycles. The number of fused-ring (bicyclic) bond motifs is 1. The first-order chi connectivity index (χ1) is 9.90. The van der Waals surface area contributed by atoms with Crippen molar-refractivity contribution in [2.24, 2.45) is 5.92 Å². The summed E-state index contributed by atoms with van der Waals surface area (Å²) < 4.78 is 1.72. The van der Waals surface area contributed by atoms with Gasteiger partial charge in [-0.2, -0.15) is 10.1 Å². The molecule has 0 spiro atoms. The van der Waals surface area contributed by atoms with E-state index in [9.17, 15) is 4.79 Å². The van der Waals surface area contributed by atoms with Crippen LogP contribution in [0.25, 0.3) is 5.78 Å². The molecule has 2 heterocycles. The van der Waals surface area contributed by atoms with Gasteiger partial charge in [-0.3, -0.25) is 4.79 Å². The fraction of sp³-hybridized carbons (Fsp3) is 0.600. The fourth-order valence-corrected chi connectivity index (χ4v) is 2.25. The van der Waals surface area contributed by atoms with Crippen LogP contribution in [0.2, 0.25) is 0 Å². The van der Waals surface area contributed by atoms with E-state index in [1.807, 2.05) is 20.8 Å². The number of nitrogens with zero attached hydrogens (tertiary/aromatic N) is 4. The molecule has 0 aliphatic heterocycles. The van der Waals surface area contributed by atoms with Gasteiger partial charge in [0.1, 0.15) is 6.33 Å². The molecule has 6 nitrogen and oxygen atoms in total. The second-order valence-corrected chi connectivity index (χ2v) is 5.83. The number of hydrogen-bond acceptors (Lipinski definition) is 4. The Morgan fingerprint density at radius 2 is 2.05 bits per heavy atom. The van der Waals surface area contributed by atoms with E-state index in [4.69, 9.17) is 0 Å². The highest BCUT2D eigenvalue weighted by Crippen LogP contribution is 2.15. The van der Waals surface area contributed by atoms with E-state index in [1.165, 1.54) is 6.33 Å². The first kappa shape index (κ1) is 15.4. The largest absolute Gasteiger partial charge is 0.353 e. The minimum atomic E-state index is 0.0775. The van der Waals surface area contributed by atoms with Crippen molar-refractivity contribution in [1.82, 2.24) is 24.9 Å². The summed E-state index contributed by atoms with van der Waals surface area (Å²) in [6.07, 6.45) is 2.62. The summed E-state index contributed by atoms with van der Waals surface area (Å²) in [6, 6.07) is 0.190. The van der Waals surface area contributed by atoms with Crippen LogP contribution in [0.15, 0.2) is 6.33 Å². The lowest BCUT2D eigenvalue weighted by Crippen LogP contribution is -2.36. The van der Waals surface area contributed by atoms with Crippen LogP contribution in [0.5, 0.6) is 0 Å². The Bertz CT molecular complexity index is 647. The zero-order chi connectivity index (χ0) is 15.6. The SMILES string of the molecule is Cc1nc2ncnn2c(C)c1CCC(=O)NC(C)C(C)C. The average molecular weight is 289 g/mol. The minimum Gasteiger partial charge on any atom is -0.353 e. The highest BCUT2D eigenvalue weighted by Gasteiger charge is 2.14. The number of hydrogen-bond donors (Lipinski definition) is 1.